The fraction of sp³-hybridized carbons (Fsp3) is 0.296. The van der Waals surface area contributed by atoms with Crippen LogP contribution in [0.15, 0.2) is 61.3 Å². The fourth-order valence-electron chi connectivity index (χ4n) is 5.13. The third-order valence-electron chi connectivity index (χ3n) is 7.36. The Balaban J connectivity index is 0.00000252. The maximum Gasteiger partial charge on any atom is 0.160 e. The molecular formula is C27H28ClN9. The van der Waals surface area contributed by atoms with Crippen molar-refractivity contribution in [1.82, 2.24) is 34.9 Å². The van der Waals surface area contributed by atoms with Crippen molar-refractivity contribution in [3.63, 3.8) is 0 Å². The highest BCUT2D eigenvalue weighted by atomic mass is 35.5. The number of nitrogens with zero attached hydrogens (tertiary/aromatic N) is 7. The second kappa shape index (κ2) is 9.24. The second-order valence-corrected chi connectivity index (χ2v) is 9.93. The van der Waals surface area contributed by atoms with Crippen molar-refractivity contribution >= 4 is 46.4 Å². The number of hydrogen-bond donors (Lipinski definition) is 2. The van der Waals surface area contributed by atoms with E-state index in [1.165, 1.54) is 29.5 Å². The Labute approximate surface area is 220 Å². The molecule has 5 heterocycles. The number of aromatic nitrogens is 6. The number of pyridine rings is 2. The number of piperazine rings is 1. The molecule has 0 atom stereocenters. The summed E-state index contributed by atoms with van der Waals surface area (Å²) in [5.41, 5.74) is 7.46. The van der Waals surface area contributed by atoms with Gasteiger partial charge in [-0.1, -0.05) is 6.07 Å². The van der Waals surface area contributed by atoms with Crippen LogP contribution in [0.4, 0.5) is 17.3 Å². The van der Waals surface area contributed by atoms with Crippen LogP contribution in [0.2, 0.25) is 0 Å². The molecule has 10 heteroatoms. The molecule has 2 aliphatic rings. The van der Waals surface area contributed by atoms with E-state index in [1.54, 1.807) is 17.2 Å². The highest BCUT2D eigenvalue weighted by Gasteiger charge is 2.45. The lowest BCUT2D eigenvalue weighted by atomic mass is 10.0. The quantitative estimate of drug-likeness (QED) is 0.363. The molecule has 2 fully saturated rings. The van der Waals surface area contributed by atoms with E-state index in [-0.39, 0.29) is 12.4 Å². The lowest BCUT2D eigenvalue weighted by molar-refractivity contribution is 0.440. The Kier molecular flexibility index (Phi) is 5.89. The number of hydrogen-bond acceptors (Lipinski definition) is 8. The summed E-state index contributed by atoms with van der Waals surface area (Å²) in [6.07, 6.45) is 8.46. The number of aryl methyl sites for hydroxylation is 1. The van der Waals surface area contributed by atoms with Gasteiger partial charge < -0.3 is 15.5 Å². The molecule has 1 aromatic carbocycles. The fourth-order valence-corrected chi connectivity index (χ4v) is 5.13. The summed E-state index contributed by atoms with van der Waals surface area (Å²) in [6, 6.07) is 14.7. The SMILES string of the molecule is Cc1cc(Nc2ncnc3ccc(N4CCNC5(CC5)C4)nc23)ccc1Cc1ccn2ncnc2c1.Cl. The van der Waals surface area contributed by atoms with E-state index in [9.17, 15) is 0 Å². The van der Waals surface area contributed by atoms with Gasteiger partial charge in [0.25, 0.3) is 0 Å². The first-order valence-corrected chi connectivity index (χ1v) is 12.4. The molecule has 188 valence electrons. The van der Waals surface area contributed by atoms with Crippen molar-refractivity contribution in [1.29, 1.82) is 0 Å². The van der Waals surface area contributed by atoms with Crippen molar-refractivity contribution in [2.24, 2.45) is 0 Å². The van der Waals surface area contributed by atoms with Crippen molar-refractivity contribution in [3.05, 3.63) is 78.0 Å². The molecule has 1 aliphatic carbocycles. The molecule has 1 spiro atoms. The highest BCUT2D eigenvalue weighted by Crippen LogP contribution is 2.38. The summed E-state index contributed by atoms with van der Waals surface area (Å²) < 4.78 is 1.78. The van der Waals surface area contributed by atoms with Crippen LogP contribution >= 0.6 is 12.4 Å². The third kappa shape index (κ3) is 4.56. The molecular weight excluding hydrogens is 486 g/mol. The molecule has 5 aromatic rings. The van der Waals surface area contributed by atoms with Gasteiger partial charge in [0.05, 0.1) is 5.52 Å². The van der Waals surface area contributed by atoms with Gasteiger partial charge in [0.15, 0.2) is 11.5 Å². The standard InChI is InChI=1S/C27H27N9.ClH/c1-18-12-21(3-2-20(18)13-19-6-10-36-24(14-19)29-17-32-36)33-26-25-22(28-16-30-26)4-5-23(34-25)35-11-9-31-27(15-35)7-8-27;/h2-6,10,12,14,16-17,31H,7-9,11,13,15H2,1H3,(H,28,30,33);1H. The number of rotatable bonds is 5. The van der Waals surface area contributed by atoms with E-state index >= 15 is 0 Å². The molecule has 1 aliphatic heterocycles. The topological polar surface area (TPSA) is 96.2 Å². The molecule has 2 N–H and O–H groups in total. The summed E-state index contributed by atoms with van der Waals surface area (Å²) >= 11 is 0. The lowest BCUT2D eigenvalue weighted by Crippen LogP contribution is -2.52. The zero-order valence-electron chi connectivity index (χ0n) is 20.6. The average Bonchev–Trinajstić information content (AvgIpc) is 3.46. The maximum absolute atomic E-state index is 5.00. The van der Waals surface area contributed by atoms with Crippen LogP contribution in [0.5, 0.6) is 0 Å². The zero-order chi connectivity index (χ0) is 24.1. The van der Waals surface area contributed by atoms with Gasteiger partial charge in [-0.3, -0.25) is 0 Å². The van der Waals surface area contributed by atoms with E-state index < -0.39 is 0 Å². The van der Waals surface area contributed by atoms with Gasteiger partial charge in [0, 0.05) is 37.1 Å². The number of anilines is 3. The molecule has 0 amide bonds. The maximum atomic E-state index is 5.00. The number of fused-ring (bicyclic) bond motifs is 2. The summed E-state index contributed by atoms with van der Waals surface area (Å²) in [7, 11) is 0. The minimum atomic E-state index is 0. The van der Waals surface area contributed by atoms with Crippen LogP contribution in [-0.4, -0.2) is 54.7 Å². The van der Waals surface area contributed by atoms with E-state index in [0.717, 1.165) is 60.1 Å². The van der Waals surface area contributed by atoms with Gasteiger partial charge in [-0.05, 0) is 79.3 Å². The molecule has 0 unspecified atom stereocenters. The monoisotopic (exact) mass is 513 g/mol. The van der Waals surface area contributed by atoms with Crippen LogP contribution < -0.4 is 15.5 Å². The van der Waals surface area contributed by atoms with Crippen LogP contribution in [0.25, 0.3) is 16.7 Å². The molecule has 1 saturated heterocycles. The summed E-state index contributed by atoms with van der Waals surface area (Å²) in [4.78, 5) is 20.7. The molecule has 37 heavy (non-hydrogen) atoms. The Morgan fingerprint density at radius 1 is 1.03 bits per heavy atom. The zero-order valence-corrected chi connectivity index (χ0v) is 21.4. The first-order chi connectivity index (χ1) is 17.6. The summed E-state index contributed by atoms with van der Waals surface area (Å²) in [5, 5.41) is 11.3. The van der Waals surface area contributed by atoms with E-state index in [2.05, 4.69) is 78.9 Å². The van der Waals surface area contributed by atoms with Crippen molar-refractivity contribution in [2.45, 2.75) is 31.7 Å². The molecule has 4 aromatic heterocycles. The Bertz CT molecular complexity index is 1590. The molecule has 9 nitrogen and oxygen atoms in total. The average molecular weight is 514 g/mol. The largest absolute Gasteiger partial charge is 0.353 e. The van der Waals surface area contributed by atoms with Crippen LogP contribution in [0, 0.1) is 6.92 Å². The summed E-state index contributed by atoms with van der Waals surface area (Å²) in [5.74, 6) is 1.71. The first-order valence-electron chi connectivity index (χ1n) is 12.4. The Morgan fingerprint density at radius 2 is 1.95 bits per heavy atom. The Morgan fingerprint density at radius 3 is 2.81 bits per heavy atom. The predicted octanol–water partition coefficient (Wildman–Crippen LogP) is 4.07. The van der Waals surface area contributed by atoms with E-state index in [1.807, 2.05) is 12.3 Å². The van der Waals surface area contributed by atoms with Crippen molar-refractivity contribution in [2.75, 3.05) is 29.9 Å². The second-order valence-electron chi connectivity index (χ2n) is 9.93. The number of benzene rings is 1. The van der Waals surface area contributed by atoms with E-state index in [4.69, 9.17) is 4.98 Å². The smallest absolute Gasteiger partial charge is 0.160 e. The van der Waals surface area contributed by atoms with Crippen LogP contribution in [0.1, 0.15) is 29.5 Å². The van der Waals surface area contributed by atoms with Crippen LogP contribution in [-0.2, 0) is 6.42 Å². The van der Waals surface area contributed by atoms with Gasteiger partial charge in [0.1, 0.15) is 24.0 Å². The minimum absolute atomic E-state index is 0. The van der Waals surface area contributed by atoms with Crippen molar-refractivity contribution in [3.8, 4) is 0 Å². The first kappa shape index (κ1) is 23.6. The van der Waals surface area contributed by atoms with Crippen molar-refractivity contribution < 1.29 is 0 Å². The predicted molar refractivity (Wildman–Crippen MR) is 147 cm³/mol. The normalized spacial score (nSPS) is 16.2. The number of halogens is 1. The highest BCUT2D eigenvalue weighted by molar-refractivity contribution is 5.88. The third-order valence-corrected chi connectivity index (χ3v) is 7.36. The Hall–Kier alpha value is -3.82. The molecule has 7 rings (SSSR count). The van der Waals surface area contributed by atoms with Crippen LogP contribution in [0.3, 0.4) is 0 Å². The lowest BCUT2D eigenvalue weighted by Gasteiger charge is -2.34. The van der Waals surface area contributed by atoms with Gasteiger partial charge in [-0.15, -0.1) is 12.4 Å². The molecule has 0 bridgehead atoms. The van der Waals surface area contributed by atoms with Gasteiger partial charge in [-0.2, -0.15) is 5.10 Å². The molecule has 1 saturated carbocycles. The molecule has 0 radical (unpaired) electrons. The minimum Gasteiger partial charge on any atom is -0.353 e. The van der Waals surface area contributed by atoms with Gasteiger partial charge >= 0.3 is 0 Å². The summed E-state index contributed by atoms with van der Waals surface area (Å²) in [6.45, 7) is 5.10. The van der Waals surface area contributed by atoms with Gasteiger partial charge in [0.2, 0.25) is 0 Å². The van der Waals surface area contributed by atoms with E-state index in [0.29, 0.717) is 5.54 Å². The number of nitrogens with one attached hydrogen (secondary N) is 2. The van der Waals surface area contributed by atoms with Gasteiger partial charge in [-0.25, -0.2) is 24.5 Å².